The minimum atomic E-state index is -1.05. The lowest BCUT2D eigenvalue weighted by atomic mass is 9.75. The fraction of sp³-hybridized carbons (Fsp3) is 0.455. The second-order valence-corrected chi connectivity index (χ2v) is 9.56. The maximum atomic E-state index is 12.7. The molecular weight excluding hydrogens is 540 g/mol. The fourth-order valence-electron chi connectivity index (χ4n) is 4.67. The smallest absolute Gasteiger partial charge is 0.335 e. The van der Waals surface area contributed by atoms with Crippen molar-refractivity contribution in [2.45, 2.75) is 67.7 Å². The van der Waals surface area contributed by atoms with Crippen molar-refractivity contribution in [3.05, 3.63) is 53.6 Å². The van der Waals surface area contributed by atoms with Gasteiger partial charge in [-0.05, 0) is 54.5 Å². The Balaban J connectivity index is 3.23. The average Bonchev–Trinajstić information content (AvgIpc) is 2.95. The van der Waals surface area contributed by atoms with Gasteiger partial charge in [-0.25, -0.2) is 9.59 Å². The Kier molecular flexibility index (Phi) is 12.3. The van der Waals surface area contributed by atoms with E-state index in [-0.39, 0.29) is 11.5 Å². The first-order valence-electron chi connectivity index (χ1n) is 14.2. The molecule has 9 nitrogen and oxygen atoms in total. The fourth-order valence-corrected chi connectivity index (χ4v) is 4.67. The second kappa shape index (κ2) is 15.2. The van der Waals surface area contributed by atoms with Crippen molar-refractivity contribution in [2.24, 2.45) is 0 Å². The number of esters is 2. The Labute approximate surface area is 249 Å². The molecule has 230 valence electrons. The van der Waals surface area contributed by atoms with E-state index < -0.39 is 17.4 Å². The summed E-state index contributed by atoms with van der Waals surface area (Å²) in [5.74, 6) is 1.14. The Hall–Kier alpha value is -4.14. The summed E-state index contributed by atoms with van der Waals surface area (Å²) in [6.45, 7) is 25.4. The van der Waals surface area contributed by atoms with Gasteiger partial charge in [0.25, 0.3) is 0 Å². The predicted molar refractivity (Wildman–Crippen MR) is 162 cm³/mol. The molecule has 0 fully saturated rings. The number of rotatable bonds is 16. The predicted octanol–water partition coefficient (Wildman–Crippen LogP) is 6.81. The molecule has 2 rings (SSSR count). The summed E-state index contributed by atoms with van der Waals surface area (Å²) in [4.78, 5) is 25.1. The van der Waals surface area contributed by atoms with Crippen LogP contribution < -0.4 is 33.2 Å². The van der Waals surface area contributed by atoms with Crippen LogP contribution in [0.3, 0.4) is 0 Å². The molecule has 0 aromatic heterocycles. The number of hydrogen-bond acceptors (Lipinski definition) is 9. The Morgan fingerprint density at radius 2 is 1.05 bits per heavy atom. The van der Waals surface area contributed by atoms with E-state index in [0.717, 1.165) is 12.2 Å². The number of benzene rings is 2. The number of hydrogen-bond donors (Lipinski definition) is 0. The van der Waals surface area contributed by atoms with Crippen LogP contribution >= 0.6 is 0 Å². The molecule has 0 unspecified atom stereocenters. The molecule has 0 radical (unpaired) electrons. The lowest BCUT2D eigenvalue weighted by Crippen LogP contribution is -2.25. The van der Waals surface area contributed by atoms with E-state index in [1.54, 1.807) is 13.0 Å². The van der Waals surface area contributed by atoms with Crippen molar-refractivity contribution in [1.82, 2.24) is 0 Å². The van der Waals surface area contributed by atoms with Crippen LogP contribution in [0.4, 0.5) is 0 Å². The SMILES string of the molecule is C=CC(=O)Oc1cc(C(C)(C)c2c(OCC)c(OCC)c(C)c(OCC)c2OC(=O)C=C)c(OCC)c(OCC)c1C. The van der Waals surface area contributed by atoms with Gasteiger partial charge in [0.05, 0.1) is 38.6 Å². The van der Waals surface area contributed by atoms with Crippen molar-refractivity contribution in [2.75, 3.05) is 33.0 Å². The zero-order valence-electron chi connectivity index (χ0n) is 26.4. The minimum absolute atomic E-state index is 0.154. The van der Waals surface area contributed by atoms with E-state index in [0.29, 0.717) is 84.0 Å². The van der Waals surface area contributed by atoms with Crippen molar-refractivity contribution in [3.63, 3.8) is 0 Å². The molecule has 0 spiro atoms. The minimum Gasteiger partial charge on any atom is -0.490 e. The van der Waals surface area contributed by atoms with E-state index >= 15 is 0 Å². The first kappa shape index (κ1) is 34.1. The highest BCUT2D eigenvalue weighted by Crippen LogP contribution is 2.57. The van der Waals surface area contributed by atoms with Gasteiger partial charge in [0.2, 0.25) is 0 Å². The number of carbonyl (C=O) groups is 2. The molecule has 2 aromatic rings. The van der Waals surface area contributed by atoms with Gasteiger partial charge >= 0.3 is 11.9 Å². The van der Waals surface area contributed by atoms with E-state index in [4.69, 9.17) is 33.2 Å². The Morgan fingerprint density at radius 3 is 1.52 bits per heavy atom. The first-order chi connectivity index (χ1) is 20.0. The second-order valence-electron chi connectivity index (χ2n) is 9.56. The molecule has 0 N–H and O–H groups in total. The highest BCUT2D eigenvalue weighted by molar-refractivity contribution is 5.86. The zero-order chi connectivity index (χ0) is 31.6. The summed E-state index contributed by atoms with van der Waals surface area (Å²) in [6.07, 6.45) is 2.17. The monoisotopic (exact) mass is 584 g/mol. The molecule has 0 saturated carbocycles. The van der Waals surface area contributed by atoms with Gasteiger partial charge in [0.1, 0.15) is 5.75 Å². The van der Waals surface area contributed by atoms with Gasteiger partial charge in [0.15, 0.2) is 34.5 Å². The summed E-state index contributed by atoms with van der Waals surface area (Å²) in [5.41, 5.74) is 1.18. The van der Waals surface area contributed by atoms with Crippen molar-refractivity contribution < 1.29 is 42.7 Å². The van der Waals surface area contributed by atoms with Gasteiger partial charge < -0.3 is 33.2 Å². The molecule has 0 amide bonds. The molecule has 0 bridgehead atoms. The van der Waals surface area contributed by atoms with Crippen LogP contribution in [0, 0.1) is 13.8 Å². The summed E-state index contributed by atoms with van der Waals surface area (Å²) in [5, 5.41) is 0. The van der Waals surface area contributed by atoms with E-state index in [1.807, 2.05) is 55.4 Å². The highest BCUT2D eigenvalue weighted by Gasteiger charge is 2.41. The molecule has 0 aliphatic rings. The van der Waals surface area contributed by atoms with Crippen LogP contribution in [-0.4, -0.2) is 45.0 Å². The summed E-state index contributed by atoms with van der Waals surface area (Å²) in [7, 11) is 0. The summed E-state index contributed by atoms with van der Waals surface area (Å²) in [6, 6.07) is 1.72. The van der Waals surface area contributed by atoms with Crippen LogP contribution in [0.25, 0.3) is 0 Å². The van der Waals surface area contributed by atoms with Crippen LogP contribution in [0.2, 0.25) is 0 Å². The highest BCUT2D eigenvalue weighted by atomic mass is 16.6. The van der Waals surface area contributed by atoms with Gasteiger partial charge in [-0.15, -0.1) is 0 Å². The normalized spacial score (nSPS) is 10.9. The van der Waals surface area contributed by atoms with Crippen LogP contribution in [0.15, 0.2) is 31.4 Å². The maximum absolute atomic E-state index is 12.7. The molecule has 0 aliphatic heterocycles. The first-order valence-corrected chi connectivity index (χ1v) is 14.2. The maximum Gasteiger partial charge on any atom is 0.335 e. The molecule has 0 saturated heterocycles. The third kappa shape index (κ3) is 7.01. The average molecular weight is 585 g/mol. The zero-order valence-corrected chi connectivity index (χ0v) is 26.4. The molecule has 2 aromatic carbocycles. The van der Waals surface area contributed by atoms with Gasteiger partial charge in [0, 0.05) is 34.3 Å². The molecule has 9 heteroatoms. The van der Waals surface area contributed by atoms with E-state index in [2.05, 4.69) is 13.2 Å². The van der Waals surface area contributed by atoms with Crippen molar-refractivity contribution in [1.29, 1.82) is 0 Å². The van der Waals surface area contributed by atoms with Crippen LogP contribution in [0.5, 0.6) is 40.2 Å². The quantitative estimate of drug-likeness (QED) is 0.120. The summed E-state index contributed by atoms with van der Waals surface area (Å²) < 4.78 is 42.3. The van der Waals surface area contributed by atoms with E-state index in [1.165, 1.54) is 0 Å². The van der Waals surface area contributed by atoms with Gasteiger partial charge in [-0.1, -0.05) is 27.0 Å². The van der Waals surface area contributed by atoms with Gasteiger partial charge in [-0.3, -0.25) is 0 Å². The Morgan fingerprint density at radius 1 is 0.643 bits per heavy atom. The van der Waals surface area contributed by atoms with Crippen LogP contribution in [-0.2, 0) is 15.0 Å². The lowest BCUT2D eigenvalue weighted by molar-refractivity contribution is -0.130. The molecule has 42 heavy (non-hydrogen) atoms. The third-order valence-electron chi connectivity index (χ3n) is 6.47. The van der Waals surface area contributed by atoms with Crippen LogP contribution in [0.1, 0.15) is 70.7 Å². The molecule has 0 atom stereocenters. The topological polar surface area (TPSA) is 98.8 Å². The number of carbonyl (C=O) groups excluding carboxylic acids is 2. The molecular formula is C33H44O9. The number of ether oxygens (including phenoxy) is 7. The standard InChI is InChI=1S/C33H44O9/c1-12-24(34)41-23-19-22(30(39-17-6)27(20(23)8)36-14-3)33(10,11)26-31(40-18-7)28(37-15-4)21(9)29(38-16-5)32(26)42-25(35)13-2/h12-13,19H,1-2,14-18H2,3-11H3. The largest absolute Gasteiger partial charge is 0.490 e. The lowest BCUT2D eigenvalue weighted by Gasteiger charge is -2.34. The Bertz CT molecular complexity index is 1310. The van der Waals surface area contributed by atoms with Gasteiger partial charge in [-0.2, -0.15) is 0 Å². The van der Waals surface area contributed by atoms with Crippen molar-refractivity contribution in [3.8, 4) is 40.2 Å². The third-order valence-corrected chi connectivity index (χ3v) is 6.47. The van der Waals surface area contributed by atoms with Crippen molar-refractivity contribution >= 4 is 11.9 Å². The summed E-state index contributed by atoms with van der Waals surface area (Å²) >= 11 is 0. The molecule has 0 aliphatic carbocycles. The van der Waals surface area contributed by atoms with E-state index in [9.17, 15) is 9.59 Å². The molecule has 0 heterocycles.